The Kier molecular flexibility index (Phi) is 10.1. The van der Waals surface area contributed by atoms with Crippen molar-refractivity contribution in [2.45, 2.75) is 25.8 Å². The van der Waals surface area contributed by atoms with E-state index in [4.69, 9.17) is 24.4 Å². The fourth-order valence-electron chi connectivity index (χ4n) is 0.906. The predicted octanol–water partition coefficient (Wildman–Crippen LogP) is -1.71. The lowest BCUT2D eigenvalue weighted by molar-refractivity contribution is 0.0716. The Labute approximate surface area is 123 Å². The monoisotopic (exact) mass is 351 g/mol. The van der Waals surface area contributed by atoms with Crippen molar-refractivity contribution in [1.29, 1.82) is 0 Å². The van der Waals surface area contributed by atoms with Crippen molar-refractivity contribution in [3.05, 3.63) is 0 Å². The maximum atomic E-state index is 10.5. The van der Waals surface area contributed by atoms with Gasteiger partial charge in [0.25, 0.3) is 10.1 Å². The molecule has 0 bridgehead atoms. The van der Waals surface area contributed by atoms with Crippen LogP contribution in [0.1, 0.15) is 20.3 Å². The van der Waals surface area contributed by atoms with Crippen molar-refractivity contribution < 1.29 is 41.3 Å². The van der Waals surface area contributed by atoms with Crippen LogP contribution in [-0.4, -0.2) is 77.4 Å². The zero-order valence-corrected chi connectivity index (χ0v) is 13.3. The Balaban J connectivity index is 0. The molecule has 10 nitrogen and oxygen atoms in total. The standard InChI is InChI=1S/C6H13NO6S.C3H8O3S/c1-5(14(11,12)13)7-6(2-8,3-9)4-10;1-2-3-7(4,5)6/h8-10H,2-4H2,1H3,(H,11,12,13);2-3H2,1H3,(H,4,5,6). The summed E-state index contributed by atoms with van der Waals surface area (Å²) in [5.41, 5.74) is -1.68. The van der Waals surface area contributed by atoms with E-state index in [-0.39, 0.29) is 5.75 Å². The molecule has 0 saturated heterocycles. The highest BCUT2D eigenvalue weighted by Gasteiger charge is 2.29. The van der Waals surface area contributed by atoms with Gasteiger partial charge in [-0.2, -0.15) is 16.8 Å². The lowest BCUT2D eigenvalue weighted by Gasteiger charge is -2.22. The maximum absolute atomic E-state index is 10.5. The van der Waals surface area contributed by atoms with Gasteiger partial charge in [0.15, 0.2) is 5.04 Å². The number of rotatable bonds is 6. The Morgan fingerprint density at radius 3 is 1.52 bits per heavy atom. The molecule has 0 aliphatic carbocycles. The van der Waals surface area contributed by atoms with Crippen LogP contribution in [0.2, 0.25) is 0 Å². The van der Waals surface area contributed by atoms with Gasteiger partial charge in [0, 0.05) is 0 Å². The van der Waals surface area contributed by atoms with E-state index in [1.54, 1.807) is 6.92 Å². The van der Waals surface area contributed by atoms with Crippen molar-refractivity contribution in [1.82, 2.24) is 0 Å². The predicted molar refractivity (Wildman–Crippen MR) is 75.4 cm³/mol. The van der Waals surface area contributed by atoms with Crippen LogP contribution in [0, 0.1) is 0 Å². The maximum Gasteiger partial charge on any atom is 0.307 e. The molecule has 0 aromatic carbocycles. The van der Waals surface area contributed by atoms with Crippen LogP contribution in [0.4, 0.5) is 0 Å². The lowest BCUT2D eigenvalue weighted by atomic mass is 10.1. The molecule has 0 heterocycles. The van der Waals surface area contributed by atoms with E-state index in [9.17, 15) is 16.8 Å². The van der Waals surface area contributed by atoms with Gasteiger partial charge < -0.3 is 15.3 Å². The minimum atomic E-state index is -4.45. The summed E-state index contributed by atoms with van der Waals surface area (Å²) < 4.78 is 57.2. The van der Waals surface area contributed by atoms with E-state index >= 15 is 0 Å². The summed E-state index contributed by atoms with van der Waals surface area (Å²) in [4.78, 5) is 3.36. The van der Waals surface area contributed by atoms with Crippen molar-refractivity contribution in [2.24, 2.45) is 4.99 Å². The molecule has 0 rings (SSSR count). The highest BCUT2D eigenvalue weighted by Crippen LogP contribution is 2.10. The number of hydrogen-bond acceptors (Lipinski definition) is 8. The van der Waals surface area contributed by atoms with Crippen LogP contribution in [0.15, 0.2) is 4.99 Å². The highest BCUT2D eigenvalue weighted by atomic mass is 32.2. The second-order valence-electron chi connectivity index (χ2n) is 4.09. The Morgan fingerprint density at radius 2 is 1.38 bits per heavy atom. The summed E-state index contributed by atoms with van der Waals surface area (Å²) in [6, 6.07) is 0. The van der Waals surface area contributed by atoms with Gasteiger partial charge in [-0.05, 0) is 13.3 Å². The molecule has 0 fully saturated rings. The van der Waals surface area contributed by atoms with Gasteiger partial charge in [0.2, 0.25) is 0 Å². The van der Waals surface area contributed by atoms with Crippen LogP contribution in [-0.2, 0) is 20.2 Å². The summed E-state index contributed by atoms with van der Waals surface area (Å²) in [6.45, 7) is 0.491. The van der Waals surface area contributed by atoms with Gasteiger partial charge in [-0.3, -0.25) is 14.1 Å². The average molecular weight is 351 g/mol. The van der Waals surface area contributed by atoms with Gasteiger partial charge in [-0.25, -0.2) is 0 Å². The Morgan fingerprint density at radius 1 is 1.00 bits per heavy atom. The average Bonchev–Trinajstić information content (AvgIpc) is 2.34. The molecule has 0 aliphatic heterocycles. The van der Waals surface area contributed by atoms with Crippen molar-refractivity contribution >= 4 is 25.3 Å². The molecule has 0 radical (unpaired) electrons. The molecular weight excluding hydrogens is 330 g/mol. The molecule has 12 heteroatoms. The van der Waals surface area contributed by atoms with Crippen molar-refractivity contribution in [3.8, 4) is 0 Å². The van der Waals surface area contributed by atoms with E-state index in [1.165, 1.54) is 0 Å². The largest absolute Gasteiger partial charge is 0.394 e. The van der Waals surface area contributed by atoms with Gasteiger partial charge >= 0.3 is 10.1 Å². The minimum Gasteiger partial charge on any atom is -0.394 e. The van der Waals surface area contributed by atoms with Crippen LogP contribution in [0.5, 0.6) is 0 Å². The summed E-state index contributed by atoms with van der Waals surface area (Å²) >= 11 is 0. The second-order valence-corrected chi connectivity index (χ2v) is 7.20. The molecule has 0 saturated carbocycles. The van der Waals surface area contributed by atoms with Gasteiger partial charge in [0.1, 0.15) is 5.54 Å². The first kappa shape index (κ1) is 22.6. The first-order chi connectivity index (χ1) is 9.37. The quantitative estimate of drug-likeness (QED) is 0.211. The zero-order chi connectivity index (χ0) is 17.3. The Bertz CT molecular complexity index is 511. The first-order valence-corrected chi connectivity index (χ1v) is 8.74. The van der Waals surface area contributed by atoms with E-state index < -0.39 is 50.6 Å². The summed E-state index contributed by atoms with van der Waals surface area (Å²) in [5, 5.41) is 25.7. The number of nitrogens with zero attached hydrogens (tertiary/aromatic N) is 1. The molecular formula is C9H21NO9S2. The SMILES string of the molecule is CC(=NC(CO)(CO)CO)S(=O)(=O)O.CCCS(=O)(=O)O. The zero-order valence-electron chi connectivity index (χ0n) is 11.7. The minimum absolute atomic E-state index is 0.132. The summed E-state index contributed by atoms with van der Waals surface area (Å²) in [6.07, 6.45) is 0.471. The first-order valence-electron chi connectivity index (χ1n) is 5.69. The number of aliphatic hydroxyl groups is 3. The molecule has 0 aliphatic rings. The van der Waals surface area contributed by atoms with Crippen LogP contribution in [0.3, 0.4) is 0 Å². The third-order valence-electron chi connectivity index (χ3n) is 2.11. The molecule has 0 atom stereocenters. The second kappa shape index (κ2) is 9.40. The number of aliphatic imine (C=N–C) groups is 1. The van der Waals surface area contributed by atoms with Crippen LogP contribution in [0.25, 0.3) is 0 Å². The third kappa shape index (κ3) is 10.7. The molecule has 5 N–H and O–H groups in total. The molecule has 0 aromatic heterocycles. The van der Waals surface area contributed by atoms with Gasteiger partial charge in [-0.15, -0.1) is 0 Å². The Hall–Kier alpha value is -0.630. The summed E-state index contributed by atoms with van der Waals surface area (Å²) in [7, 11) is -8.12. The lowest BCUT2D eigenvalue weighted by Crippen LogP contribution is -2.41. The molecule has 128 valence electrons. The molecule has 0 spiro atoms. The number of hydrogen-bond donors (Lipinski definition) is 5. The molecule has 0 aromatic rings. The van der Waals surface area contributed by atoms with Crippen LogP contribution >= 0.6 is 0 Å². The molecule has 21 heavy (non-hydrogen) atoms. The molecule has 0 amide bonds. The smallest absolute Gasteiger partial charge is 0.307 e. The van der Waals surface area contributed by atoms with E-state index in [2.05, 4.69) is 4.99 Å². The highest BCUT2D eigenvalue weighted by molar-refractivity contribution is 8.01. The topological polar surface area (TPSA) is 182 Å². The summed E-state index contributed by atoms with van der Waals surface area (Å²) in [5.74, 6) is -0.132. The number of aliphatic hydroxyl groups excluding tert-OH is 3. The van der Waals surface area contributed by atoms with E-state index in [0.717, 1.165) is 6.92 Å². The van der Waals surface area contributed by atoms with Crippen molar-refractivity contribution in [2.75, 3.05) is 25.6 Å². The third-order valence-corrected chi connectivity index (χ3v) is 3.88. The molecule has 0 unspecified atom stereocenters. The van der Waals surface area contributed by atoms with E-state index in [1.807, 2.05) is 0 Å². The fraction of sp³-hybridized carbons (Fsp3) is 0.889. The normalized spacial score (nSPS) is 13.6. The van der Waals surface area contributed by atoms with E-state index in [0.29, 0.717) is 6.42 Å². The van der Waals surface area contributed by atoms with Crippen LogP contribution < -0.4 is 0 Å². The van der Waals surface area contributed by atoms with Gasteiger partial charge in [-0.1, -0.05) is 6.92 Å². The fourth-order valence-corrected chi connectivity index (χ4v) is 1.73. The van der Waals surface area contributed by atoms with Gasteiger partial charge in [0.05, 0.1) is 25.6 Å². The van der Waals surface area contributed by atoms with Crippen molar-refractivity contribution in [3.63, 3.8) is 0 Å².